The Balaban J connectivity index is 1.93. The van der Waals surface area contributed by atoms with Gasteiger partial charge in [0.25, 0.3) is 0 Å². The van der Waals surface area contributed by atoms with Crippen LogP contribution in [0, 0.1) is 0 Å². The molecule has 0 radical (unpaired) electrons. The molecule has 0 spiro atoms. The first-order valence-corrected chi connectivity index (χ1v) is 9.62. The largest absolute Gasteiger partial charge is 0.443 e. The molecule has 2 aromatic rings. The third-order valence-corrected chi connectivity index (χ3v) is 5.13. The third-order valence-electron chi connectivity index (χ3n) is 3.49. The normalized spacial score (nSPS) is 13.9. The van der Waals surface area contributed by atoms with Crippen LogP contribution in [0.3, 0.4) is 0 Å². The van der Waals surface area contributed by atoms with Gasteiger partial charge < -0.3 is 4.52 Å². The van der Waals surface area contributed by atoms with Gasteiger partial charge in [0, 0.05) is 12.8 Å². The first-order valence-electron chi connectivity index (χ1n) is 7.36. The maximum absolute atomic E-state index is 12.5. The second kappa shape index (κ2) is 6.95. The molecule has 3 heteroatoms. The minimum atomic E-state index is -2.61. The summed E-state index contributed by atoms with van der Waals surface area (Å²) in [4.78, 5) is 0. The molecule has 0 aliphatic carbocycles. The van der Waals surface area contributed by atoms with Gasteiger partial charge in [-0.25, -0.2) is 0 Å². The van der Waals surface area contributed by atoms with Crippen molar-refractivity contribution in [2.24, 2.45) is 0 Å². The van der Waals surface area contributed by atoms with E-state index in [1.807, 2.05) is 30.3 Å². The van der Waals surface area contributed by atoms with Crippen molar-refractivity contribution in [2.45, 2.75) is 26.2 Å². The van der Waals surface area contributed by atoms with Crippen LogP contribution >= 0.6 is 7.37 Å². The molecular formula is C18H23O2P. The Kier molecular flexibility index (Phi) is 5.25. The van der Waals surface area contributed by atoms with Crippen molar-refractivity contribution in [3.8, 4) is 5.75 Å². The molecule has 21 heavy (non-hydrogen) atoms. The van der Waals surface area contributed by atoms with Gasteiger partial charge in [-0.1, -0.05) is 56.3 Å². The van der Waals surface area contributed by atoms with Crippen LogP contribution in [0.25, 0.3) is 0 Å². The van der Waals surface area contributed by atoms with Gasteiger partial charge in [0.05, 0.1) is 0 Å². The van der Waals surface area contributed by atoms with Crippen molar-refractivity contribution in [3.63, 3.8) is 0 Å². The zero-order chi connectivity index (χ0) is 15.3. The highest BCUT2D eigenvalue weighted by Gasteiger charge is 2.17. The molecule has 2 rings (SSSR count). The Morgan fingerprint density at radius 3 is 2.19 bits per heavy atom. The molecule has 1 unspecified atom stereocenters. The van der Waals surface area contributed by atoms with Crippen molar-refractivity contribution in [1.29, 1.82) is 0 Å². The molecular weight excluding hydrogens is 279 g/mol. The van der Waals surface area contributed by atoms with Crippen molar-refractivity contribution in [2.75, 3.05) is 12.8 Å². The van der Waals surface area contributed by atoms with Crippen LogP contribution in [0.4, 0.5) is 0 Å². The predicted octanol–water partition coefficient (Wildman–Crippen LogP) is 5.34. The summed E-state index contributed by atoms with van der Waals surface area (Å²) in [6.07, 6.45) is 1.34. The molecule has 1 atom stereocenters. The van der Waals surface area contributed by atoms with Crippen LogP contribution in [0.15, 0.2) is 54.6 Å². The van der Waals surface area contributed by atoms with Gasteiger partial charge in [-0.15, -0.1) is 0 Å². The molecule has 0 aromatic heterocycles. The minimum absolute atomic E-state index is 0.540. The summed E-state index contributed by atoms with van der Waals surface area (Å²) < 4.78 is 18.2. The smallest absolute Gasteiger partial charge is 0.245 e. The highest BCUT2D eigenvalue weighted by Crippen LogP contribution is 2.43. The number of hydrogen-bond donors (Lipinski definition) is 0. The van der Waals surface area contributed by atoms with E-state index in [-0.39, 0.29) is 0 Å². The Bertz CT molecular complexity index is 603. The highest BCUT2D eigenvalue weighted by atomic mass is 31.2. The molecule has 0 fully saturated rings. The van der Waals surface area contributed by atoms with E-state index in [4.69, 9.17) is 4.52 Å². The molecule has 0 bridgehead atoms. The lowest BCUT2D eigenvalue weighted by Crippen LogP contribution is -2.00. The Labute approximate surface area is 127 Å². The minimum Gasteiger partial charge on any atom is -0.443 e. The molecule has 0 aliphatic rings. The van der Waals surface area contributed by atoms with Crippen LogP contribution < -0.4 is 4.52 Å². The number of hydrogen-bond acceptors (Lipinski definition) is 2. The molecule has 0 amide bonds. The van der Waals surface area contributed by atoms with E-state index in [1.54, 1.807) is 6.66 Å². The first kappa shape index (κ1) is 15.9. The molecule has 0 N–H and O–H groups in total. The Hall–Kier alpha value is -1.53. The average Bonchev–Trinajstić information content (AvgIpc) is 2.46. The summed E-state index contributed by atoms with van der Waals surface area (Å²) >= 11 is 0. The first-order chi connectivity index (χ1) is 9.96. The van der Waals surface area contributed by atoms with Crippen molar-refractivity contribution >= 4 is 7.37 Å². The van der Waals surface area contributed by atoms with E-state index in [9.17, 15) is 4.57 Å². The zero-order valence-corrected chi connectivity index (χ0v) is 13.8. The SMILES string of the molecule is CC(C)c1ccc(CCP(C)(=O)Oc2ccccc2)cc1. The van der Waals surface area contributed by atoms with Crippen molar-refractivity contribution < 1.29 is 9.09 Å². The third kappa shape index (κ3) is 5.06. The summed E-state index contributed by atoms with van der Waals surface area (Å²) in [6.45, 7) is 6.08. The number of rotatable bonds is 6. The molecule has 0 aliphatic heterocycles. The lowest BCUT2D eigenvalue weighted by Gasteiger charge is -2.15. The van der Waals surface area contributed by atoms with Gasteiger partial charge >= 0.3 is 0 Å². The van der Waals surface area contributed by atoms with Gasteiger partial charge in [-0.3, -0.25) is 4.57 Å². The quantitative estimate of drug-likeness (QED) is 0.673. The van der Waals surface area contributed by atoms with Crippen molar-refractivity contribution in [3.05, 3.63) is 65.7 Å². The number of benzene rings is 2. The standard InChI is InChI=1S/C18H23O2P/c1-15(2)17-11-9-16(10-12-17)13-14-21(3,19)20-18-7-5-4-6-8-18/h4-12,15H,13-14H2,1-3H3. The van der Waals surface area contributed by atoms with E-state index in [2.05, 4.69) is 38.1 Å². The fourth-order valence-electron chi connectivity index (χ4n) is 2.15. The fraction of sp³-hybridized carbons (Fsp3) is 0.333. The lowest BCUT2D eigenvalue weighted by molar-refractivity contribution is 0.487. The average molecular weight is 302 g/mol. The van der Waals surface area contributed by atoms with Gasteiger partial charge in [-0.05, 0) is 35.6 Å². The summed E-state index contributed by atoms with van der Waals surface area (Å²) in [6, 6.07) is 17.9. The second-order valence-electron chi connectivity index (χ2n) is 5.79. The van der Waals surface area contributed by atoms with Gasteiger partial charge in [0.2, 0.25) is 7.37 Å². The summed E-state index contributed by atoms with van der Waals surface area (Å²) in [5.74, 6) is 1.22. The van der Waals surface area contributed by atoms with E-state index in [1.165, 1.54) is 11.1 Å². The molecule has 2 aromatic carbocycles. The monoisotopic (exact) mass is 302 g/mol. The summed E-state index contributed by atoms with van der Waals surface area (Å²) in [5.41, 5.74) is 2.54. The van der Waals surface area contributed by atoms with Crippen LogP contribution in [0.2, 0.25) is 0 Å². The molecule has 2 nitrogen and oxygen atoms in total. The maximum Gasteiger partial charge on any atom is 0.245 e. The Morgan fingerprint density at radius 1 is 1.00 bits per heavy atom. The van der Waals surface area contributed by atoms with E-state index < -0.39 is 7.37 Å². The van der Waals surface area contributed by atoms with Crippen molar-refractivity contribution in [1.82, 2.24) is 0 Å². The molecule has 0 saturated carbocycles. The number of aryl methyl sites for hydroxylation is 1. The van der Waals surface area contributed by atoms with E-state index >= 15 is 0 Å². The molecule has 112 valence electrons. The number of para-hydroxylation sites is 1. The van der Waals surface area contributed by atoms with Crippen LogP contribution in [0.5, 0.6) is 5.75 Å². The predicted molar refractivity (Wildman–Crippen MR) is 89.7 cm³/mol. The fourth-order valence-corrected chi connectivity index (χ4v) is 3.47. The van der Waals surface area contributed by atoms with Crippen LogP contribution in [-0.4, -0.2) is 12.8 Å². The summed E-state index contributed by atoms with van der Waals surface area (Å²) in [5, 5.41) is 0. The Morgan fingerprint density at radius 2 is 1.62 bits per heavy atom. The summed E-state index contributed by atoms with van der Waals surface area (Å²) in [7, 11) is -2.61. The zero-order valence-electron chi connectivity index (χ0n) is 13.0. The van der Waals surface area contributed by atoms with Crippen LogP contribution in [-0.2, 0) is 11.0 Å². The molecule has 0 saturated heterocycles. The molecule has 0 heterocycles. The maximum atomic E-state index is 12.5. The van der Waals surface area contributed by atoms with E-state index in [0.717, 1.165) is 6.42 Å². The lowest BCUT2D eigenvalue weighted by atomic mass is 10.0. The van der Waals surface area contributed by atoms with E-state index in [0.29, 0.717) is 17.8 Å². The topological polar surface area (TPSA) is 26.3 Å². The van der Waals surface area contributed by atoms with Gasteiger partial charge in [0.1, 0.15) is 5.75 Å². The van der Waals surface area contributed by atoms with Crippen LogP contribution in [0.1, 0.15) is 30.9 Å². The van der Waals surface area contributed by atoms with Gasteiger partial charge in [0.15, 0.2) is 0 Å². The van der Waals surface area contributed by atoms with Gasteiger partial charge in [-0.2, -0.15) is 0 Å². The second-order valence-corrected chi connectivity index (χ2v) is 8.45. The highest BCUT2D eigenvalue weighted by molar-refractivity contribution is 7.58.